The predicted molar refractivity (Wildman–Crippen MR) is 136 cm³/mol. The van der Waals surface area contributed by atoms with Crippen LogP contribution in [0.4, 0.5) is 0 Å². The second-order valence-corrected chi connectivity index (χ2v) is 7.87. The van der Waals surface area contributed by atoms with E-state index >= 15 is 0 Å². The molecule has 0 aromatic heterocycles. The number of amides is 1. The molecule has 4 N–H and O–H groups in total. The Morgan fingerprint density at radius 2 is 1.85 bits per heavy atom. The van der Waals surface area contributed by atoms with Crippen molar-refractivity contribution in [2.75, 3.05) is 7.11 Å². The number of aliphatic hydroxyl groups excluding tert-OH is 1. The molecule has 0 spiro atoms. The van der Waals surface area contributed by atoms with Gasteiger partial charge in [-0.15, -0.1) is 0 Å². The minimum Gasteiger partial charge on any atom is -0.478 e. The number of aliphatic hydroxyl groups is 1. The lowest BCUT2D eigenvalue weighted by Crippen LogP contribution is -2.32. The Hall–Kier alpha value is -2.86. The zero-order chi connectivity index (χ0) is 25.2. The van der Waals surface area contributed by atoms with Crippen molar-refractivity contribution < 1.29 is 19.8 Å². The highest BCUT2D eigenvalue weighted by atomic mass is 16.4. The highest BCUT2D eigenvalue weighted by Crippen LogP contribution is 2.24. The van der Waals surface area contributed by atoms with Gasteiger partial charge in [0.1, 0.15) is 0 Å². The minimum absolute atomic E-state index is 0.136. The topological polar surface area (TPSA) is 98.7 Å². The molecule has 6 nitrogen and oxygen atoms in total. The Balaban J connectivity index is 0.00000497. The number of carboxylic acids is 1. The van der Waals surface area contributed by atoms with Crippen LogP contribution in [0.3, 0.4) is 0 Å². The van der Waals surface area contributed by atoms with Crippen LogP contribution in [0.25, 0.3) is 0 Å². The molecule has 6 heteroatoms. The SMILES string of the molecule is C=C/C=C\C(=C/C)N/C(C)=C(\C=C\CCC)CC(C)C(=O)NC1=C(C(=O)O)CCCC1.CO. The molecule has 184 valence electrons. The maximum absolute atomic E-state index is 12.8. The summed E-state index contributed by atoms with van der Waals surface area (Å²) in [6.07, 6.45) is 17.2. The van der Waals surface area contributed by atoms with E-state index in [0.29, 0.717) is 30.5 Å². The van der Waals surface area contributed by atoms with Gasteiger partial charge in [0.05, 0.1) is 5.57 Å². The first-order valence-corrected chi connectivity index (χ1v) is 11.6. The van der Waals surface area contributed by atoms with Gasteiger partial charge in [0.2, 0.25) is 5.91 Å². The molecule has 0 aliphatic heterocycles. The van der Waals surface area contributed by atoms with Crippen LogP contribution in [0.1, 0.15) is 72.6 Å². The van der Waals surface area contributed by atoms with Crippen molar-refractivity contribution >= 4 is 11.9 Å². The molecule has 1 unspecified atom stereocenters. The Morgan fingerprint density at radius 3 is 2.42 bits per heavy atom. The van der Waals surface area contributed by atoms with E-state index in [-0.39, 0.29) is 11.8 Å². The average Bonchev–Trinajstić information content (AvgIpc) is 2.82. The Labute approximate surface area is 199 Å². The molecule has 0 fully saturated rings. The third kappa shape index (κ3) is 11.5. The monoisotopic (exact) mass is 458 g/mol. The Bertz CT molecular complexity index is 801. The molecule has 1 aliphatic carbocycles. The van der Waals surface area contributed by atoms with E-state index in [0.717, 1.165) is 49.8 Å². The van der Waals surface area contributed by atoms with E-state index in [1.807, 2.05) is 39.0 Å². The quantitative estimate of drug-likeness (QED) is 0.289. The van der Waals surface area contributed by atoms with Crippen molar-refractivity contribution in [1.29, 1.82) is 0 Å². The van der Waals surface area contributed by atoms with Gasteiger partial charge in [0.15, 0.2) is 0 Å². The number of hydrogen-bond donors (Lipinski definition) is 4. The van der Waals surface area contributed by atoms with Gasteiger partial charge in [-0.3, -0.25) is 4.79 Å². The lowest BCUT2D eigenvalue weighted by atomic mass is 9.94. The van der Waals surface area contributed by atoms with Crippen LogP contribution in [0, 0.1) is 5.92 Å². The van der Waals surface area contributed by atoms with Crippen LogP contribution < -0.4 is 10.6 Å². The molecule has 1 rings (SSSR count). The fourth-order valence-corrected chi connectivity index (χ4v) is 3.39. The normalized spacial score (nSPS) is 16.1. The number of nitrogens with one attached hydrogen (secondary N) is 2. The highest BCUT2D eigenvalue weighted by Gasteiger charge is 2.22. The highest BCUT2D eigenvalue weighted by molar-refractivity contribution is 5.89. The maximum atomic E-state index is 12.8. The van der Waals surface area contributed by atoms with Crippen LogP contribution in [-0.2, 0) is 9.59 Å². The first-order chi connectivity index (χ1) is 15.8. The van der Waals surface area contributed by atoms with Gasteiger partial charge >= 0.3 is 5.97 Å². The molecule has 0 bridgehead atoms. The summed E-state index contributed by atoms with van der Waals surface area (Å²) in [6.45, 7) is 11.7. The number of allylic oxidation sites excluding steroid dienone is 9. The van der Waals surface area contributed by atoms with Crippen molar-refractivity contribution in [3.05, 3.63) is 71.3 Å². The van der Waals surface area contributed by atoms with Crippen LogP contribution >= 0.6 is 0 Å². The fraction of sp³-hybridized carbons (Fsp3) is 0.481. The van der Waals surface area contributed by atoms with Crippen molar-refractivity contribution in [3.8, 4) is 0 Å². The van der Waals surface area contributed by atoms with E-state index in [1.54, 1.807) is 6.08 Å². The van der Waals surface area contributed by atoms with E-state index in [2.05, 4.69) is 36.3 Å². The Morgan fingerprint density at radius 1 is 1.18 bits per heavy atom. The molecule has 0 saturated heterocycles. The van der Waals surface area contributed by atoms with Gasteiger partial charge in [-0.05, 0) is 64.0 Å². The molecule has 33 heavy (non-hydrogen) atoms. The van der Waals surface area contributed by atoms with Crippen LogP contribution in [0.2, 0.25) is 0 Å². The van der Waals surface area contributed by atoms with Crippen LogP contribution in [0.15, 0.2) is 71.3 Å². The summed E-state index contributed by atoms with van der Waals surface area (Å²) in [7, 11) is 1.00. The molecule has 0 heterocycles. The number of aliphatic carboxylic acids is 1. The minimum atomic E-state index is -0.933. The van der Waals surface area contributed by atoms with Crippen molar-refractivity contribution in [2.45, 2.75) is 72.6 Å². The van der Waals surface area contributed by atoms with E-state index in [1.165, 1.54) is 0 Å². The van der Waals surface area contributed by atoms with Crippen molar-refractivity contribution in [1.82, 2.24) is 10.6 Å². The first-order valence-electron chi connectivity index (χ1n) is 11.6. The lowest BCUT2D eigenvalue weighted by Gasteiger charge is -2.21. The molecule has 1 aliphatic rings. The van der Waals surface area contributed by atoms with E-state index in [9.17, 15) is 14.7 Å². The van der Waals surface area contributed by atoms with Gasteiger partial charge in [-0.1, -0.05) is 57.2 Å². The van der Waals surface area contributed by atoms with Gasteiger partial charge < -0.3 is 20.8 Å². The summed E-state index contributed by atoms with van der Waals surface area (Å²) in [6, 6.07) is 0. The number of hydrogen-bond acceptors (Lipinski definition) is 4. The molecule has 0 aromatic rings. The summed E-state index contributed by atoms with van der Waals surface area (Å²) in [5.41, 5.74) is 3.91. The van der Waals surface area contributed by atoms with Crippen LogP contribution in [0.5, 0.6) is 0 Å². The van der Waals surface area contributed by atoms with Gasteiger partial charge in [0, 0.05) is 30.1 Å². The second-order valence-electron chi connectivity index (χ2n) is 7.87. The fourth-order valence-electron chi connectivity index (χ4n) is 3.39. The number of carbonyl (C=O) groups is 2. The third-order valence-electron chi connectivity index (χ3n) is 5.28. The number of carboxylic acid groups (broad SMARTS) is 1. The van der Waals surface area contributed by atoms with E-state index in [4.69, 9.17) is 5.11 Å². The third-order valence-corrected chi connectivity index (χ3v) is 5.28. The standard InChI is InChI=1S/C26H38N2O3.CH4O/c1-6-9-11-14-21(20(5)27-22(8-3)15-10-7-2)18-19(4)25(29)28-24-17-13-12-16-23(24)26(30)31;1-2/h7-8,10-11,14-15,19,27H,2,6,9,12-13,16-18H2,1,3-5H3,(H,28,29)(H,30,31);2H,1H3/b14-11+,15-10-,21-20+,22-8+;. The summed E-state index contributed by atoms with van der Waals surface area (Å²) >= 11 is 0. The predicted octanol–water partition coefficient (Wildman–Crippen LogP) is 5.52. The summed E-state index contributed by atoms with van der Waals surface area (Å²) < 4.78 is 0. The second kappa shape index (κ2) is 17.7. The molecule has 1 amide bonds. The zero-order valence-corrected chi connectivity index (χ0v) is 20.9. The van der Waals surface area contributed by atoms with Gasteiger partial charge in [-0.2, -0.15) is 0 Å². The molecule has 0 aromatic carbocycles. The number of rotatable bonds is 12. The summed E-state index contributed by atoms with van der Waals surface area (Å²) in [5, 5.41) is 22.7. The largest absolute Gasteiger partial charge is 0.478 e. The molecule has 1 atom stereocenters. The van der Waals surface area contributed by atoms with E-state index < -0.39 is 5.97 Å². The maximum Gasteiger partial charge on any atom is 0.333 e. The summed E-state index contributed by atoms with van der Waals surface area (Å²) in [4.78, 5) is 24.3. The molecular formula is C27H42N2O4. The lowest BCUT2D eigenvalue weighted by molar-refractivity contribution is -0.133. The van der Waals surface area contributed by atoms with Gasteiger partial charge in [0.25, 0.3) is 0 Å². The zero-order valence-electron chi connectivity index (χ0n) is 20.9. The van der Waals surface area contributed by atoms with Gasteiger partial charge in [-0.25, -0.2) is 4.79 Å². The van der Waals surface area contributed by atoms with Crippen molar-refractivity contribution in [3.63, 3.8) is 0 Å². The Kier molecular flexibility index (Phi) is 16.1. The average molecular weight is 459 g/mol. The summed E-state index contributed by atoms with van der Waals surface area (Å²) in [5.74, 6) is -1.36. The molecule has 0 saturated carbocycles. The number of unbranched alkanes of at least 4 members (excludes halogenated alkanes) is 1. The van der Waals surface area contributed by atoms with Crippen molar-refractivity contribution in [2.24, 2.45) is 5.92 Å². The molecular weight excluding hydrogens is 416 g/mol. The van der Waals surface area contributed by atoms with Crippen LogP contribution in [-0.4, -0.2) is 29.2 Å². The number of carbonyl (C=O) groups excluding carboxylic acids is 1. The molecule has 0 radical (unpaired) electrons. The first kappa shape index (κ1) is 30.1. The smallest absolute Gasteiger partial charge is 0.333 e.